The van der Waals surface area contributed by atoms with Gasteiger partial charge in [-0.25, -0.2) is 0 Å². The van der Waals surface area contributed by atoms with Gasteiger partial charge in [-0.2, -0.15) is 0 Å². The van der Waals surface area contributed by atoms with Crippen LogP contribution in [0.25, 0.3) is 6.08 Å². The summed E-state index contributed by atoms with van der Waals surface area (Å²) < 4.78 is 0. The molecule has 66 valence electrons. The van der Waals surface area contributed by atoms with E-state index in [4.69, 9.17) is 17.3 Å². The molecule has 0 saturated heterocycles. The molecule has 2 heteroatoms. The zero-order chi connectivity index (χ0) is 9.56. The van der Waals surface area contributed by atoms with Gasteiger partial charge in [0.2, 0.25) is 0 Å². The van der Waals surface area contributed by atoms with Crippen LogP contribution in [0, 0.1) is 0 Å². The molecule has 0 amide bonds. The van der Waals surface area contributed by atoms with E-state index >= 15 is 0 Å². The Hall–Kier alpha value is -0.950. The number of nitrogens with two attached hydrogens (primary N) is 1. The molecule has 0 unspecified atom stereocenters. The number of rotatable bonds is 1. The van der Waals surface area contributed by atoms with Crippen molar-refractivity contribution in [1.82, 2.24) is 0 Å². The third-order valence-corrected chi connectivity index (χ3v) is 1.50. The van der Waals surface area contributed by atoms with Crippen LogP contribution in [0.5, 0.6) is 0 Å². The fourth-order valence-corrected chi connectivity index (χ4v) is 0.903. The molecule has 0 saturated carbocycles. The van der Waals surface area contributed by atoms with Crippen LogP contribution >= 0.6 is 11.6 Å². The number of anilines is 1. The number of benzene rings is 1. The van der Waals surface area contributed by atoms with E-state index in [1.54, 1.807) is 24.3 Å². The Kier molecular flexibility index (Phi) is 5.22. The van der Waals surface area contributed by atoms with E-state index in [2.05, 4.69) is 6.58 Å². The first-order chi connectivity index (χ1) is 5.74. The summed E-state index contributed by atoms with van der Waals surface area (Å²) in [6.07, 6.45) is 1.68. The Morgan fingerprint density at radius 3 is 2.42 bits per heavy atom. The number of hydrogen-bond donors (Lipinski definition) is 1. The first-order valence-electron chi connectivity index (χ1n) is 3.91. The zero-order valence-corrected chi connectivity index (χ0v) is 8.23. The van der Waals surface area contributed by atoms with Crippen LogP contribution < -0.4 is 5.73 Å². The van der Waals surface area contributed by atoms with Crippen molar-refractivity contribution < 1.29 is 0 Å². The summed E-state index contributed by atoms with van der Waals surface area (Å²) in [4.78, 5) is 0. The molecule has 1 aromatic rings. The van der Waals surface area contributed by atoms with Gasteiger partial charge in [-0.3, -0.25) is 0 Å². The van der Waals surface area contributed by atoms with Crippen LogP contribution in [0.15, 0.2) is 24.8 Å². The first kappa shape index (κ1) is 11.1. The molecular weight excluding hydrogens is 170 g/mol. The summed E-state index contributed by atoms with van der Waals surface area (Å²) in [5.41, 5.74) is 7.16. The molecule has 0 aliphatic heterocycles. The Bertz CT molecular complexity index is 256. The molecule has 1 nitrogen and oxygen atoms in total. The van der Waals surface area contributed by atoms with Gasteiger partial charge in [0.1, 0.15) is 0 Å². The van der Waals surface area contributed by atoms with Gasteiger partial charge in [-0.15, -0.1) is 0 Å². The lowest BCUT2D eigenvalue weighted by Crippen LogP contribution is -1.87. The van der Waals surface area contributed by atoms with Crippen molar-refractivity contribution in [3.8, 4) is 0 Å². The molecular formula is C10H14ClN. The molecule has 0 heterocycles. The third kappa shape index (κ3) is 2.97. The lowest BCUT2D eigenvalue weighted by Gasteiger charge is -1.98. The van der Waals surface area contributed by atoms with Crippen LogP contribution in [0.2, 0.25) is 5.02 Å². The SMILES string of the molecule is C=Cc1cc(Cl)ccc1N.CC. The maximum absolute atomic E-state index is 5.69. The fourth-order valence-electron chi connectivity index (χ4n) is 0.722. The van der Waals surface area contributed by atoms with Gasteiger partial charge >= 0.3 is 0 Å². The second-order valence-corrected chi connectivity index (χ2v) is 2.41. The first-order valence-corrected chi connectivity index (χ1v) is 4.29. The van der Waals surface area contributed by atoms with E-state index in [-0.39, 0.29) is 0 Å². The highest BCUT2D eigenvalue weighted by atomic mass is 35.5. The molecule has 0 aliphatic rings. The zero-order valence-electron chi connectivity index (χ0n) is 7.47. The van der Waals surface area contributed by atoms with Gasteiger partial charge in [0.25, 0.3) is 0 Å². The third-order valence-electron chi connectivity index (χ3n) is 1.27. The number of halogens is 1. The molecule has 0 fully saturated rings. The van der Waals surface area contributed by atoms with Crippen LogP contribution in [0.1, 0.15) is 19.4 Å². The van der Waals surface area contributed by atoms with Gasteiger partial charge < -0.3 is 5.73 Å². The van der Waals surface area contributed by atoms with Crippen molar-refractivity contribution in [2.45, 2.75) is 13.8 Å². The van der Waals surface area contributed by atoms with E-state index in [9.17, 15) is 0 Å². The minimum atomic E-state index is 0.684. The Morgan fingerprint density at radius 1 is 1.42 bits per heavy atom. The predicted molar refractivity (Wildman–Crippen MR) is 57.3 cm³/mol. The smallest absolute Gasteiger partial charge is 0.0413 e. The van der Waals surface area contributed by atoms with Crippen molar-refractivity contribution in [1.29, 1.82) is 0 Å². The summed E-state index contributed by atoms with van der Waals surface area (Å²) in [6.45, 7) is 7.59. The summed E-state index contributed by atoms with van der Waals surface area (Å²) in [5, 5.41) is 0.684. The van der Waals surface area contributed by atoms with Crippen molar-refractivity contribution in [2.75, 3.05) is 5.73 Å². The van der Waals surface area contributed by atoms with Gasteiger partial charge in [0, 0.05) is 10.7 Å². The van der Waals surface area contributed by atoms with Gasteiger partial charge in [0.05, 0.1) is 0 Å². The minimum Gasteiger partial charge on any atom is -0.398 e. The lowest BCUT2D eigenvalue weighted by atomic mass is 10.2. The molecule has 0 aliphatic carbocycles. The largest absolute Gasteiger partial charge is 0.398 e. The second kappa shape index (κ2) is 5.67. The molecule has 1 aromatic carbocycles. The molecule has 2 N–H and O–H groups in total. The molecule has 12 heavy (non-hydrogen) atoms. The summed E-state index contributed by atoms with van der Waals surface area (Å²) in [5.74, 6) is 0. The van der Waals surface area contributed by atoms with Gasteiger partial charge in [-0.1, -0.05) is 38.1 Å². The van der Waals surface area contributed by atoms with Crippen molar-refractivity contribution in [3.63, 3.8) is 0 Å². The predicted octanol–water partition coefficient (Wildman–Crippen LogP) is 3.59. The van der Waals surface area contributed by atoms with Gasteiger partial charge in [-0.05, 0) is 23.8 Å². The summed E-state index contributed by atoms with van der Waals surface area (Å²) in [6, 6.07) is 5.30. The fraction of sp³-hybridized carbons (Fsp3) is 0.200. The molecule has 0 atom stereocenters. The van der Waals surface area contributed by atoms with Crippen molar-refractivity contribution in [3.05, 3.63) is 35.4 Å². The highest BCUT2D eigenvalue weighted by Crippen LogP contribution is 2.18. The van der Waals surface area contributed by atoms with E-state index in [1.165, 1.54) is 0 Å². The average Bonchev–Trinajstić information content (AvgIpc) is 2.13. The molecule has 0 spiro atoms. The molecule has 0 radical (unpaired) electrons. The number of hydrogen-bond acceptors (Lipinski definition) is 1. The van der Waals surface area contributed by atoms with Crippen molar-refractivity contribution in [2.24, 2.45) is 0 Å². The normalized spacial score (nSPS) is 8.25. The average molecular weight is 184 g/mol. The lowest BCUT2D eigenvalue weighted by molar-refractivity contribution is 1.50. The molecule has 0 bridgehead atoms. The maximum Gasteiger partial charge on any atom is 0.0413 e. The number of nitrogen functional groups attached to an aromatic ring is 1. The standard InChI is InChI=1S/C8H8ClN.C2H6/c1-2-6-5-7(9)3-4-8(6)10;1-2/h2-5H,1,10H2;1-2H3. The van der Waals surface area contributed by atoms with E-state index in [1.807, 2.05) is 13.8 Å². The summed E-state index contributed by atoms with van der Waals surface area (Å²) >= 11 is 5.69. The highest BCUT2D eigenvalue weighted by molar-refractivity contribution is 6.30. The Labute approximate surface area is 78.9 Å². The van der Waals surface area contributed by atoms with Crippen LogP contribution in [-0.4, -0.2) is 0 Å². The van der Waals surface area contributed by atoms with E-state index < -0.39 is 0 Å². The second-order valence-electron chi connectivity index (χ2n) is 1.98. The highest BCUT2D eigenvalue weighted by Gasteiger charge is 1.93. The van der Waals surface area contributed by atoms with Crippen LogP contribution in [-0.2, 0) is 0 Å². The molecule has 1 rings (SSSR count). The monoisotopic (exact) mass is 183 g/mol. The maximum atomic E-state index is 5.69. The van der Waals surface area contributed by atoms with Crippen LogP contribution in [0.3, 0.4) is 0 Å². The minimum absolute atomic E-state index is 0.684. The topological polar surface area (TPSA) is 26.0 Å². The quantitative estimate of drug-likeness (QED) is 0.662. The van der Waals surface area contributed by atoms with E-state index in [0.29, 0.717) is 10.7 Å². The van der Waals surface area contributed by atoms with Crippen molar-refractivity contribution >= 4 is 23.4 Å². The Morgan fingerprint density at radius 2 is 2.00 bits per heavy atom. The van der Waals surface area contributed by atoms with Gasteiger partial charge in [0.15, 0.2) is 0 Å². The molecule has 0 aromatic heterocycles. The summed E-state index contributed by atoms with van der Waals surface area (Å²) in [7, 11) is 0. The van der Waals surface area contributed by atoms with Crippen LogP contribution in [0.4, 0.5) is 5.69 Å². The Balaban J connectivity index is 0.000000561. The van der Waals surface area contributed by atoms with E-state index in [0.717, 1.165) is 5.56 Å².